The van der Waals surface area contributed by atoms with Gasteiger partial charge in [0.15, 0.2) is 5.96 Å². The molecule has 0 aliphatic rings. The molecular weight excluding hydrogens is 447 g/mol. The summed E-state index contributed by atoms with van der Waals surface area (Å²) in [7, 11) is 0. The van der Waals surface area contributed by atoms with Crippen LogP contribution in [0.4, 0.5) is 0 Å². The Morgan fingerprint density at radius 2 is 2.04 bits per heavy atom. The Morgan fingerprint density at radius 1 is 1.20 bits per heavy atom. The topological polar surface area (TPSA) is 58.4 Å². The van der Waals surface area contributed by atoms with Gasteiger partial charge in [0.25, 0.3) is 0 Å². The molecule has 0 unspecified atom stereocenters. The molecule has 25 heavy (non-hydrogen) atoms. The van der Waals surface area contributed by atoms with Crippen LogP contribution in [0.15, 0.2) is 46.3 Å². The molecule has 0 fully saturated rings. The maximum absolute atomic E-state index is 11.6. The summed E-state index contributed by atoms with van der Waals surface area (Å²) < 4.78 is 1.75. The van der Waals surface area contributed by atoms with Gasteiger partial charge < -0.3 is 15.2 Å². The number of halogens is 1. The fourth-order valence-electron chi connectivity index (χ4n) is 2.33. The van der Waals surface area contributed by atoms with E-state index in [1.165, 1.54) is 9.75 Å². The number of aromatic nitrogens is 1. The van der Waals surface area contributed by atoms with Crippen molar-refractivity contribution in [1.29, 1.82) is 0 Å². The van der Waals surface area contributed by atoms with Crippen LogP contribution in [-0.2, 0) is 13.1 Å². The molecule has 0 aromatic carbocycles. The first-order valence-electron chi connectivity index (χ1n) is 8.42. The molecule has 0 saturated carbocycles. The highest BCUT2D eigenvalue weighted by Gasteiger charge is 2.00. The van der Waals surface area contributed by atoms with Crippen molar-refractivity contribution in [2.45, 2.75) is 39.8 Å². The Hall–Kier alpha value is -1.35. The van der Waals surface area contributed by atoms with Crippen molar-refractivity contribution in [3.05, 3.63) is 56.6 Å². The Bertz CT molecular complexity index is 711. The molecule has 0 spiro atoms. The van der Waals surface area contributed by atoms with Crippen LogP contribution in [-0.4, -0.2) is 23.6 Å². The number of unbranched alkanes of at least 4 members (excludes halogenated alkanes) is 1. The van der Waals surface area contributed by atoms with E-state index < -0.39 is 0 Å². The number of guanidine groups is 1. The fourth-order valence-corrected chi connectivity index (χ4v) is 3.14. The second-order valence-electron chi connectivity index (χ2n) is 5.57. The molecule has 0 atom stereocenters. The number of nitrogens with zero attached hydrogens (tertiary/aromatic N) is 2. The van der Waals surface area contributed by atoms with Gasteiger partial charge in [-0.25, -0.2) is 4.99 Å². The molecule has 0 bridgehead atoms. The molecule has 7 heteroatoms. The number of aliphatic imine (C=N–C) groups is 1. The maximum atomic E-state index is 11.6. The number of aryl methyl sites for hydroxylation is 2. The lowest BCUT2D eigenvalue weighted by atomic mass is 10.3. The molecule has 0 saturated heterocycles. The predicted molar refractivity (Wildman–Crippen MR) is 117 cm³/mol. The molecule has 0 amide bonds. The zero-order valence-corrected chi connectivity index (χ0v) is 18.0. The molecule has 138 valence electrons. The van der Waals surface area contributed by atoms with E-state index in [4.69, 9.17) is 0 Å². The maximum Gasteiger partial charge on any atom is 0.250 e. The lowest BCUT2D eigenvalue weighted by molar-refractivity contribution is 0.585. The van der Waals surface area contributed by atoms with Gasteiger partial charge >= 0.3 is 0 Å². The number of hydrogen-bond acceptors (Lipinski definition) is 3. The van der Waals surface area contributed by atoms with Gasteiger partial charge in [0.05, 0.1) is 6.54 Å². The molecule has 5 nitrogen and oxygen atoms in total. The van der Waals surface area contributed by atoms with E-state index in [1.807, 2.05) is 12.3 Å². The van der Waals surface area contributed by atoms with E-state index in [0.29, 0.717) is 6.54 Å². The highest BCUT2D eigenvalue weighted by molar-refractivity contribution is 14.0. The first-order chi connectivity index (χ1) is 11.7. The van der Waals surface area contributed by atoms with E-state index in [0.717, 1.165) is 38.4 Å². The Morgan fingerprint density at radius 3 is 2.72 bits per heavy atom. The van der Waals surface area contributed by atoms with Crippen LogP contribution in [0.3, 0.4) is 0 Å². The van der Waals surface area contributed by atoms with Gasteiger partial charge in [-0.1, -0.05) is 6.07 Å². The summed E-state index contributed by atoms with van der Waals surface area (Å²) in [5, 5.41) is 6.62. The molecule has 2 aromatic heterocycles. The van der Waals surface area contributed by atoms with Crippen molar-refractivity contribution in [3.63, 3.8) is 0 Å². The first-order valence-corrected chi connectivity index (χ1v) is 9.23. The molecule has 0 radical (unpaired) electrons. The summed E-state index contributed by atoms with van der Waals surface area (Å²) in [4.78, 5) is 18.8. The van der Waals surface area contributed by atoms with E-state index in [2.05, 4.69) is 41.6 Å². The summed E-state index contributed by atoms with van der Waals surface area (Å²) in [6, 6.07) is 9.52. The highest BCUT2D eigenvalue weighted by Crippen LogP contribution is 2.15. The minimum absolute atomic E-state index is 0. The molecule has 2 N–H and O–H groups in total. The lowest BCUT2D eigenvalue weighted by Crippen LogP contribution is -2.37. The van der Waals surface area contributed by atoms with Gasteiger partial charge in [-0.15, -0.1) is 35.3 Å². The van der Waals surface area contributed by atoms with Gasteiger partial charge in [-0.2, -0.15) is 0 Å². The van der Waals surface area contributed by atoms with Crippen LogP contribution >= 0.6 is 35.3 Å². The van der Waals surface area contributed by atoms with E-state index in [9.17, 15) is 4.79 Å². The molecule has 2 aromatic rings. The second kappa shape index (κ2) is 12.1. The van der Waals surface area contributed by atoms with Crippen molar-refractivity contribution in [3.8, 4) is 0 Å². The van der Waals surface area contributed by atoms with Gasteiger partial charge in [0.2, 0.25) is 5.56 Å². The Labute approximate surface area is 170 Å². The van der Waals surface area contributed by atoms with Crippen LogP contribution in [0.5, 0.6) is 0 Å². The normalized spacial score (nSPS) is 11.0. The van der Waals surface area contributed by atoms with Gasteiger partial charge in [0, 0.05) is 41.7 Å². The van der Waals surface area contributed by atoms with E-state index >= 15 is 0 Å². The number of thiophene rings is 1. The van der Waals surface area contributed by atoms with Gasteiger partial charge in [-0.3, -0.25) is 4.79 Å². The fraction of sp³-hybridized carbons (Fsp3) is 0.444. The zero-order chi connectivity index (χ0) is 17.2. The second-order valence-corrected chi connectivity index (χ2v) is 6.95. The minimum Gasteiger partial charge on any atom is -0.357 e. The summed E-state index contributed by atoms with van der Waals surface area (Å²) in [5.74, 6) is 0.848. The third kappa shape index (κ3) is 8.04. The van der Waals surface area contributed by atoms with Crippen LogP contribution in [0, 0.1) is 6.92 Å². The largest absolute Gasteiger partial charge is 0.357 e. The highest BCUT2D eigenvalue weighted by atomic mass is 127. The quantitative estimate of drug-likeness (QED) is 0.267. The Kier molecular flexibility index (Phi) is 10.5. The Balaban J connectivity index is 0.00000312. The van der Waals surface area contributed by atoms with E-state index in [-0.39, 0.29) is 29.5 Å². The zero-order valence-electron chi connectivity index (χ0n) is 14.8. The van der Waals surface area contributed by atoms with Crippen LogP contribution < -0.4 is 16.2 Å². The predicted octanol–water partition coefficient (Wildman–Crippen LogP) is 3.37. The number of rotatable bonds is 8. The summed E-state index contributed by atoms with van der Waals surface area (Å²) in [6.45, 7) is 7.32. The number of nitrogens with one attached hydrogen (secondary N) is 2. The lowest BCUT2D eigenvalue weighted by Gasteiger charge is -2.11. The third-order valence-corrected chi connectivity index (χ3v) is 4.54. The van der Waals surface area contributed by atoms with E-state index in [1.54, 1.807) is 28.0 Å². The van der Waals surface area contributed by atoms with Crippen LogP contribution in [0.2, 0.25) is 0 Å². The molecular formula is C18H27IN4OS. The van der Waals surface area contributed by atoms with Gasteiger partial charge in [-0.05, 0) is 44.9 Å². The minimum atomic E-state index is 0. The third-order valence-electron chi connectivity index (χ3n) is 3.55. The van der Waals surface area contributed by atoms with Crippen molar-refractivity contribution in [2.24, 2.45) is 4.99 Å². The summed E-state index contributed by atoms with van der Waals surface area (Å²) in [5.41, 5.74) is 0.0617. The van der Waals surface area contributed by atoms with Crippen molar-refractivity contribution < 1.29 is 0 Å². The SMILES string of the molecule is CCNC(=NCc1ccc(C)s1)NCCCCn1ccccc1=O.I. The average molecular weight is 474 g/mol. The molecule has 0 aliphatic heterocycles. The van der Waals surface area contributed by atoms with Crippen LogP contribution in [0.25, 0.3) is 0 Å². The molecule has 2 rings (SSSR count). The summed E-state index contributed by atoms with van der Waals surface area (Å²) in [6.07, 6.45) is 3.79. The van der Waals surface area contributed by atoms with Crippen molar-refractivity contribution >= 4 is 41.3 Å². The first kappa shape index (κ1) is 21.7. The monoisotopic (exact) mass is 474 g/mol. The molecule has 0 aliphatic carbocycles. The van der Waals surface area contributed by atoms with Crippen molar-refractivity contribution in [2.75, 3.05) is 13.1 Å². The summed E-state index contributed by atoms with van der Waals surface area (Å²) >= 11 is 1.78. The number of hydrogen-bond donors (Lipinski definition) is 2. The van der Waals surface area contributed by atoms with Crippen LogP contribution in [0.1, 0.15) is 29.5 Å². The average Bonchev–Trinajstić information content (AvgIpc) is 2.99. The number of pyridine rings is 1. The standard InChI is InChI=1S/C18H26N4OS.HI/c1-3-19-18(21-14-16-10-9-15(2)24-16)20-11-5-7-13-22-12-6-4-8-17(22)23;/h4,6,8-10,12H,3,5,7,11,13-14H2,1-2H3,(H2,19,20,21);1H. The van der Waals surface area contributed by atoms with Crippen molar-refractivity contribution in [1.82, 2.24) is 15.2 Å². The molecule has 2 heterocycles. The smallest absolute Gasteiger partial charge is 0.250 e. The van der Waals surface area contributed by atoms with Gasteiger partial charge in [0.1, 0.15) is 0 Å².